The Balaban J connectivity index is 2.81. The first-order valence-corrected chi connectivity index (χ1v) is 6.00. The first kappa shape index (κ1) is 12.1. The van der Waals surface area contributed by atoms with Gasteiger partial charge in [-0.25, -0.2) is 13.6 Å². The number of nitrogens with two attached hydrogens (primary N) is 1. The van der Waals surface area contributed by atoms with E-state index in [0.29, 0.717) is 12.4 Å². The van der Waals surface area contributed by atoms with Crippen molar-refractivity contribution in [3.05, 3.63) is 5.82 Å². The highest BCUT2D eigenvalue weighted by atomic mass is 32.2. The maximum Gasteiger partial charge on any atom is 0.273 e. The molecule has 1 rings (SSSR count). The first-order chi connectivity index (χ1) is 6.96. The van der Waals surface area contributed by atoms with E-state index in [1.165, 1.54) is 11.6 Å². The highest BCUT2D eigenvalue weighted by molar-refractivity contribution is 7.89. The summed E-state index contributed by atoms with van der Waals surface area (Å²) in [4.78, 5) is 0. The number of rotatable bonds is 5. The molecular weight excluding hydrogens is 220 g/mol. The highest BCUT2D eigenvalue weighted by Crippen LogP contribution is 2.05. The average Bonchev–Trinajstić information content (AvgIpc) is 2.47. The zero-order chi connectivity index (χ0) is 11.5. The lowest BCUT2D eigenvalue weighted by molar-refractivity contribution is 0.113. The van der Waals surface area contributed by atoms with Crippen molar-refractivity contribution in [3.63, 3.8) is 0 Å². The molecule has 0 aromatic carbocycles. The van der Waals surface area contributed by atoms with Crippen LogP contribution in [0.25, 0.3) is 0 Å². The molecule has 0 spiro atoms. The van der Waals surface area contributed by atoms with Crippen molar-refractivity contribution in [2.24, 2.45) is 12.2 Å². The summed E-state index contributed by atoms with van der Waals surface area (Å²) < 4.78 is 28.5. The summed E-state index contributed by atoms with van der Waals surface area (Å²) in [5, 5.41) is 11.9. The van der Waals surface area contributed by atoms with Gasteiger partial charge in [0, 0.05) is 13.7 Å². The Morgan fingerprint density at radius 3 is 2.60 bits per heavy atom. The molecule has 8 heteroatoms. The largest absolute Gasteiger partial charge is 0.373 e. The highest BCUT2D eigenvalue weighted by Gasteiger charge is 2.18. The van der Waals surface area contributed by atoms with Crippen LogP contribution in [0.1, 0.15) is 19.2 Å². The van der Waals surface area contributed by atoms with Crippen molar-refractivity contribution in [2.45, 2.75) is 25.1 Å². The van der Waals surface area contributed by atoms with Crippen LogP contribution < -0.4 is 5.14 Å². The van der Waals surface area contributed by atoms with Crippen molar-refractivity contribution in [1.29, 1.82) is 0 Å². The van der Waals surface area contributed by atoms with E-state index in [1.807, 2.05) is 6.92 Å². The van der Waals surface area contributed by atoms with E-state index in [9.17, 15) is 8.42 Å². The molecule has 1 aromatic heterocycles. The molecule has 0 aliphatic rings. The fraction of sp³-hybridized carbons (Fsp3) is 0.714. The number of nitrogens with zero attached hydrogens (tertiary/aromatic N) is 3. The predicted molar refractivity (Wildman–Crippen MR) is 52.3 cm³/mol. The van der Waals surface area contributed by atoms with Crippen molar-refractivity contribution < 1.29 is 13.2 Å². The van der Waals surface area contributed by atoms with Gasteiger partial charge < -0.3 is 9.30 Å². The van der Waals surface area contributed by atoms with Gasteiger partial charge in [-0.1, -0.05) is 6.92 Å². The fourth-order valence-corrected chi connectivity index (χ4v) is 1.67. The Labute approximate surface area is 88.3 Å². The lowest BCUT2D eigenvalue weighted by Gasteiger charge is -2.02. The van der Waals surface area contributed by atoms with Crippen molar-refractivity contribution in [1.82, 2.24) is 14.8 Å². The van der Waals surface area contributed by atoms with Crippen LogP contribution in [0.4, 0.5) is 0 Å². The molecule has 7 nitrogen and oxygen atoms in total. The minimum atomic E-state index is -3.81. The second-order valence-electron chi connectivity index (χ2n) is 3.06. The topological polar surface area (TPSA) is 100 Å². The third-order valence-electron chi connectivity index (χ3n) is 1.76. The summed E-state index contributed by atoms with van der Waals surface area (Å²) in [6.07, 6.45) is 0.889. The standard InChI is InChI=1S/C7H14N4O3S/c1-3-4-14-5-6-9-10-7(11(6)2)15(8,12)13/h3-5H2,1-2H3,(H2,8,12,13). The summed E-state index contributed by atoms with van der Waals surface area (Å²) in [6.45, 7) is 2.80. The lowest BCUT2D eigenvalue weighted by Crippen LogP contribution is -2.18. The molecule has 0 fully saturated rings. The normalized spacial score (nSPS) is 11.9. The van der Waals surface area contributed by atoms with E-state index < -0.39 is 10.0 Å². The SMILES string of the molecule is CCCOCc1nnc(S(N)(=O)=O)n1C. The maximum atomic E-state index is 11.0. The molecule has 0 radical (unpaired) electrons. The van der Waals surface area contributed by atoms with Crippen molar-refractivity contribution in [2.75, 3.05) is 6.61 Å². The van der Waals surface area contributed by atoms with Gasteiger partial charge in [0.05, 0.1) is 0 Å². The smallest absolute Gasteiger partial charge is 0.273 e. The van der Waals surface area contributed by atoms with Crippen molar-refractivity contribution in [3.8, 4) is 0 Å². The molecule has 15 heavy (non-hydrogen) atoms. The summed E-state index contributed by atoms with van der Waals surface area (Å²) in [6, 6.07) is 0. The second kappa shape index (κ2) is 4.69. The van der Waals surface area contributed by atoms with Crippen LogP contribution >= 0.6 is 0 Å². The molecule has 1 aromatic rings. The van der Waals surface area contributed by atoms with Crippen LogP contribution in [0, 0.1) is 0 Å². The Morgan fingerprint density at radius 1 is 1.47 bits per heavy atom. The van der Waals surface area contributed by atoms with E-state index in [0.717, 1.165) is 6.42 Å². The third-order valence-corrected chi connectivity index (χ3v) is 2.62. The monoisotopic (exact) mass is 234 g/mol. The van der Waals surface area contributed by atoms with Crippen LogP contribution in [-0.4, -0.2) is 29.8 Å². The molecular formula is C7H14N4O3S. The van der Waals surface area contributed by atoms with E-state index in [2.05, 4.69) is 10.2 Å². The van der Waals surface area contributed by atoms with Gasteiger partial charge in [-0.3, -0.25) is 0 Å². The number of aromatic nitrogens is 3. The Hall–Kier alpha value is -0.990. The number of hydrogen-bond donors (Lipinski definition) is 1. The first-order valence-electron chi connectivity index (χ1n) is 4.45. The van der Waals surface area contributed by atoms with Crippen LogP contribution in [0.2, 0.25) is 0 Å². The van der Waals surface area contributed by atoms with Gasteiger partial charge in [0.2, 0.25) is 0 Å². The van der Waals surface area contributed by atoms with E-state index >= 15 is 0 Å². The summed E-state index contributed by atoms with van der Waals surface area (Å²) in [5.74, 6) is 0.437. The molecule has 2 N–H and O–H groups in total. The molecule has 1 heterocycles. The quantitative estimate of drug-likeness (QED) is 0.685. The minimum Gasteiger partial charge on any atom is -0.373 e. The molecule has 0 saturated carbocycles. The van der Waals surface area contributed by atoms with Gasteiger partial charge in [0.1, 0.15) is 6.61 Å². The molecule has 0 unspecified atom stereocenters. The van der Waals surface area contributed by atoms with Gasteiger partial charge in [-0.15, -0.1) is 10.2 Å². The molecule has 0 bridgehead atoms. The zero-order valence-electron chi connectivity index (χ0n) is 8.67. The lowest BCUT2D eigenvalue weighted by atomic mass is 10.5. The Kier molecular flexibility index (Phi) is 3.77. The number of hydrogen-bond acceptors (Lipinski definition) is 5. The zero-order valence-corrected chi connectivity index (χ0v) is 9.49. The van der Waals surface area contributed by atoms with E-state index in [-0.39, 0.29) is 11.8 Å². The van der Waals surface area contributed by atoms with Gasteiger partial charge in [-0.2, -0.15) is 0 Å². The van der Waals surface area contributed by atoms with Crippen LogP contribution in [-0.2, 0) is 28.4 Å². The van der Waals surface area contributed by atoms with E-state index in [4.69, 9.17) is 9.88 Å². The summed E-state index contributed by atoms with van der Waals surface area (Å²) in [7, 11) is -2.28. The second-order valence-corrected chi connectivity index (χ2v) is 4.51. The van der Waals surface area contributed by atoms with Crippen LogP contribution in [0.3, 0.4) is 0 Å². The molecule has 0 aliphatic carbocycles. The Morgan fingerprint density at radius 2 is 2.13 bits per heavy atom. The van der Waals surface area contributed by atoms with Crippen LogP contribution in [0.5, 0.6) is 0 Å². The van der Waals surface area contributed by atoms with E-state index in [1.54, 1.807) is 0 Å². The average molecular weight is 234 g/mol. The molecule has 86 valence electrons. The van der Waals surface area contributed by atoms with Gasteiger partial charge in [0.15, 0.2) is 5.82 Å². The molecule has 0 atom stereocenters. The fourth-order valence-electron chi connectivity index (χ4n) is 1.03. The van der Waals surface area contributed by atoms with Gasteiger partial charge in [0.25, 0.3) is 15.2 Å². The van der Waals surface area contributed by atoms with Gasteiger partial charge in [-0.05, 0) is 6.42 Å². The maximum absolute atomic E-state index is 11.0. The molecule has 0 amide bonds. The predicted octanol–water partition coefficient (Wildman–Crippen LogP) is -0.611. The molecule has 0 aliphatic heterocycles. The van der Waals surface area contributed by atoms with Crippen LogP contribution in [0.15, 0.2) is 5.16 Å². The number of sulfonamides is 1. The van der Waals surface area contributed by atoms with Crippen molar-refractivity contribution >= 4 is 10.0 Å². The summed E-state index contributed by atoms with van der Waals surface area (Å²) >= 11 is 0. The number of ether oxygens (including phenoxy) is 1. The summed E-state index contributed by atoms with van der Waals surface area (Å²) in [5.41, 5.74) is 0. The number of primary sulfonamides is 1. The third kappa shape index (κ3) is 2.98. The molecule has 0 saturated heterocycles. The van der Waals surface area contributed by atoms with Gasteiger partial charge >= 0.3 is 0 Å². The minimum absolute atomic E-state index is 0.229. The Bertz CT molecular complexity index is 425.